The molecule has 0 spiro atoms. The maximum Gasteiger partial charge on any atom is 0.218 e. The number of ether oxygens (including phenoxy) is 1. The molecule has 5 aromatic rings. The first-order valence-corrected chi connectivity index (χ1v) is 10.6. The highest BCUT2D eigenvalue weighted by atomic mass is 16.5. The molecule has 168 valence electrons. The van der Waals surface area contributed by atoms with Crippen LogP contribution in [0.25, 0.3) is 28.4 Å². The van der Waals surface area contributed by atoms with Gasteiger partial charge < -0.3 is 14.6 Å². The number of pyridine rings is 1. The molecule has 0 saturated carbocycles. The number of aryl methyl sites for hydroxylation is 2. The number of imidazole rings is 1. The molecule has 0 aliphatic carbocycles. The molecule has 10 nitrogen and oxygen atoms in total. The van der Waals surface area contributed by atoms with Crippen molar-refractivity contribution in [1.82, 2.24) is 38.9 Å². The second kappa shape index (κ2) is 8.05. The Morgan fingerprint density at radius 1 is 1.06 bits per heavy atom. The van der Waals surface area contributed by atoms with Crippen molar-refractivity contribution in [2.45, 2.75) is 26.8 Å². The molecule has 5 aromatic heterocycles. The van der Waals surface area contributed by atoms with Gasteiger partial charge in [0.1, 0.15) is 5.52 Å². The number of methoxy groups -OCH3 is 1. The van der Waals surface area contributed by atoms with E-state index in [-0.39, 0.29) is 6.04 Å². The number of fused-ring (bicyclic) bond motifs is 1. The van der Waals surface area contributed by atoms with Crippen molar-refractivity contribution in [2.24, 2.45) is 7.05 Å². The van der Waals surface area contributed by atoms with E-state index in [9.17, 15) is 0 Å². The smallest absolute Gasteiger partial charge is 0.218 e. The average molecular weight is 444 g/mol. The molecule has 0 saturated heterocycles. The van der Waals surface area contributed by atoms with Gasteiger partial charge in [-0.1, -0.05) is 0 Å². The zero-order valence-corrected chi connectivity index (χ0v) is 19.2. The molecular formula is C23H25N9O. The predicted molar refractivity (Wildman–Crippen MR) is 126 cm³/mol. The lowest BCUT2D eigenvalue weighted by molar-refractivity contribution is 0.398. The van der Waals surface area contributed by atoms with Crippen LogP contribution in [0.5, 0.6) is 5.88 Å². The molecule has 0 bridgehead atoms. The van der Waals surface area contributed by atoms with Gasteiger partial charge in [0, 0.05) is 49.5 Å². The summed E-state index contributed by atoms with van der Waals surface area (Å²) in [6, 6.07) is 6.00. The van der Waals surface area contributed by atoms with Gasteiger partial charge in [-0.3, -0.25) is 4.68 Å². The first-order valence-electron chi connectivity index (χ1n) is 10.6. The molecule has 0 aliphatic heterocycles. The Bertz CT molecular complexity index is 1430. The van der Waals surface area contributed by atoms with Crippen LogP contribution < -0.4 is 10.1 Å². The van der Waals surface area contributed by atoms with Gasteiger partial charge in [-0.2, -0.15) is 5.10 Å². The van der Waals surface area contributed by atoms with Gasteiger partial charge in [0.05, 0.1) is 24.7 Å². The van der Waals surface area contributed by atoms with Crippen molar-refractivity contribution < 1.29 is 4.74 Å². The van der Waals surface area contributed by atoms with Crippen LogP contribution in [0, 0.1) is 6.92 Å². The SMILES string of the molecule is COc1ccc(Nc2nc(-c3nccn3C)nn3cc(-c4ccn(C(C)C)n4)c(C)c23)cn1. The minimum absolute atomic E-state index is 0.283. The van der Waals surface area contributed by atoms with E-state index in [0.717, 1.165) is 28.0 Å². The highest BCUT2D eigenvalue weighted by Crippen LogP contribution is 2.32. The molecule has 0 atom stereocenters. The topological polar surface area (TPSA) is 100.0 Å². The largest absolute Gasteiger partial charge is 0.481 e. The molecule has 33 heavy (non-hydrogen) atoms. The fraction of sp³-hybridized carbons (Fsp3) is 0.261. The Kier molecular flexibility index (Phi) is 5.04. The Labute approximate surface area is 190 Å². The Hall–Kier alpha value is -4.21. The number of rotatable bonds is 6. The number of hydrogen-bond donors (Lipinski definition) is 1. The maximum absolute atomic E-state index is 5.17. The molecule has 0 fully saturated rings. The van der Waals surface area contributed by atoms with Gasteiger partial charge in [-0.15, -0.1) is 5.10 Å². The van der Waals surface area contributed by atoms with Crippen molar-refractivity contribution in [2.75, 3.05) is 12.4 Å². The molecule has 0 aliphatic rings. The first kappa shape index (κ1) is 20.7. The quantitative estimate of drug-likeness (QED) is 0.423. The third kappa shape index (κ3) is 3.69. The number of anilines is 2. The van der Waals surface area contributed by atoms with Crippen molar-refractivity contribution in [1.29, 1.82) is 0 Å². The van der Waals surface area contributed by atoms with Crippen molar-refractivity contribution in [3.63, 3.8) is 0 Å². The van der Waals surface area contributed by atoms with Gasteiger partial charge >= 0.3 is 0 Å². The van der Waals surface area contributed by atoms with Crippen LogP contribution in [0.15, 0.2) is 49.2 Å². The van der Waals surface area contributed by atoms with E-state index in [2.05, 4.69) is 36.1 Å². The van der Waals surface area contributed by atoms with Gasteiger partial charge in [-0.05, 0) is 38.5 Å². The molecule has 5 rings (SSSR count). The van der Waals surface area contributed by atoms with E-state index in [4.69, 9.17) is 19.9 Å². The summed E-state index contributed by atoms with van der Waals surface area (Å²) >= 11 is 0. The molecule has 0 amide bonds. The monoisotopic (exact) mass is 443 g/mol. The lowest BCUT2D eigenvalue weighted by atomic mass is 10.1. The number of hydrogen-bond acceptors (Lipinski definition) is 7. The van der Waals surface area contributed by atoms with E-state index >= 15 is 0 Å². The second-order valence-corrected chi connectivity index (χ2v) is 8.10. The summed E-state index contributed by atoms with van der Waals surface area (Å²) in [7, 11) is 3.51. The number of nitrogens with zero attached hydrogens (tertiary/aromatic N) is 8. The summed E-state index contributed by atoms with van der Waals surface area (Å²) in [5.41, 5.74) is 4.56. The molecule has 0 aromatic carbocycles. The first-order chi connectivity index (χ1) is 15.9. The fourth-order valence-electron chi connectivity index (χ4n) is 3.73. The molecule has 5 heterocycles. The minimum Gasteiger partial charge on any atom is -0.481 e. The van der Waals surface area contributed by atoms with Crippen molar-refractivity contribution >= 4 is 17.0 Å². The van der Waals surface area contributed by atoms with Gasteiger partial charge in [-0.25, -0.2) is 19.5 Å². The predicted octanol–water partition coefficient (Wildman–Crippen LogP) is 4.03. The summed E-state index contributed by atoms with van der Waals surface area (Å²) in [4.78, 5) is 13.5. The highest BCUT2D eigenvalue weighted by Gasteiger charge is 2.20. The molecular weight excluding hydrogens is 418 g/mol. The van der Waals surface area contributed by atoms with Gasteiger partial charge in [0.15, 0.2) is 11.6 Å². The van der Waals surface area contributed by atoms with Crippen LogP contribution in [0.3, 0.4) is 0 Å². The summed E-state index contributed by atoms with van der Waals surface area (Å²) in [6.07, 6.45) is 9.29. The molecule has 1 N–H and O–H groups in total. The zero-order chi connectivity index (χ0) is 23.1. The fourth-order valence-corrected chi connectivity index (χ4v) is 3.73. The minimum atomic E-state index is 0.283. The Morgan fingerprint density at radius 2 is 1.91 bits per heavy atom. The molecule has 0 radical (unpaired) electrons. The van der Waals surface area contributed by atoms with Gasteiger partial charge in [0.25, 0.3) is 0 Å². The third-order valence-electron chi connectivity index (χ3n) is 5.53. The lowest BCUT2D eigenvalue weighted by Crippen LogP contribution is -2.06. The van der Waals surface area contributed by atoms with Crippen molar-refractivity contribution in [3.05, 3.63) is 54.7 Å². The standard InChI is InChI=1S/C23H25N9O/c1-14(2)31-10-8-18(28-31)17-13-32-20(15(17)3)21(26-16-6-7-19(33-5)25-12-16)27-22(29-32)23-24-9-11-30(23)4/h6-14H,1-5H3,(H,26,27,29). The van der Waals surface area contributed by atoms with E-state index < -0.39 is 0 Å². The second-order valence-electron chi connectivity index (χ2n) is 8.10. The van der Waals surface area contributed by atoms with Crippen LogP contribution in [0.2, 0.25) is 0 Å². The summed E-state index contributed by atoms with van der Waals surface area (Å²) < 4.78 is 10.9. The Balaban J connectivity index is 1.67. The van der Waals surface area contributed by atoms with Crippen molar-refractivity contribution in [3.8, 4) is 28.8 Å². The third-order valence-corrected chi connectivity index (χ3v) is 5.53. The highest BCUT2D eigenvalue weighted by molar-refractivity contribution is 5.84. The summed E-state index contributed by atoms with van der Waals surface area (Å²) in [5.74, 6) is 2.38. The van der Waals surface area contributed by atoms with E-state index in [1.165, 1.54) is 0 Å². The van der Waals surface area contributed by atoms with Crippen LogP contribution in [-0.4, -0.2) is 46.0 Å². The van der Waals surface area contributed by atoms with E-state index in [0.29, 0.717) is 23.3 Å². The van der Waals surface area contributed by atoms with Crippen LogP contribution in [-0.2, 0) is 7.05 Å². The normalized spacial score (nSPS) is 11.5. The van der Waals surface area contributed by atoms with Crippen LogP contribution >= 0.6 is 0 Å². The number of aromatic nitrogens is 8. The maximum atomic E-state index is 5.17. The van der Waals surface area contributed by atoms with Crippen LogP contribution in [0.1, 0.15) is 25.5 Å². The zero-order valence-electron chi connectivity index (χ0n) is 19.2. The Morgan fingerprint density at radius 3 is 2.55 bits per heavy atom. The lowest BCUT2D eigenvalue weighted by Gasteiger charge is -2.11. The number of nitrogens with one attached hydrogen (secondary N) is 1. The summed E-state index contributed by atoms with van der Waals surface area (Å²) in [5, 5.41) is 12.9. The molecule has 10 heteroatoms. The van der Waals surface area contributed by atoms with E-state index in [1.54, 1.807) is 25.6 Å². The average Bonchev–Trinajstić information content (AvgIpc) is 3.53. The molecule has 0 unspecified atom stereocenters. The van der Waals surface area contributed by atoms with Gasteiger partial charge in [0.2, 0.25) is 11.7 Å². The van der Waals surface area contributed by atoms with Crippen LogP contribution in [0.4, 0.5) is 11.5 Å². The van der Waals surface area contributed by atoms with E-state index in [1.807, 2.05) is 51.5 Å². The summed E-state index contributed by atoms with van der Waals surface area (Å²) in [6.45, 7) is 6.27.